The number of carbonyl (C=O) groups is 1. The molecule has 1 heterocycles. The Morgan fingerprint density at radius 1 is 1.39 bits per heavy atom. The molecular weight excluding hydrogens is 292 g/mol. The average Bonchev–Trinajstić information content (AvgIpc) is 2.87. The van der Waals surface area contributed by atoms with E-state index in [2.05, 4.69) is 20.8 Å². The summed E-state index contributed by atoms with van der Waals surface area (Å²) in [4.78, 5) is 11.8. The van der Waals surface area contributed by atoms with Gasteiger partial charge in [-0.05, 0) is 46.5 Å². The molecule has 0 saturated heterocycles. The molecule has 0 aliphatic heterocycles. The number of alkyl carbamates (subject to hydrolysis) is 1. The molecule has 6 heteroatoms. The Labute approximate surface area is 138 Å². The molecule has 0 radical (unpaired) electrons. The standard InChI is InChI=1S/C17H30N4O2/c1-12-14(11-20-21-12)10-18-15-8-6-5-7-13(15)9-19-16(22)23-17(2,3)4/h11,13,15,18H,5-10H2,1-4H3,(H,19,22)(H,20,21). The van der Waals surface area contributed by atoms with E-state index in [0.29, 0.717) is 18.5 Å². The first-order chi connectivity index (χ1) is 10.8. The predicted octanol–water partition coefficient (Wildman–Crippen LogP) is 2.89. The van der Waals surface area contributed by atoms with Gasteiger partial charge in [-0.2, -0.15) is 5.10 Å². The molecule has 1 saturated carbocycles. The lowest BCUT2D eigenvalue weighted by Crippen LogP contribution is -2.44. The zero-order valence-electron chi connectivity index (χ0n) is 14.7. The van der Waals surface area contributed by atoms with Crippen LogP contribution in [0.2, 0.25) is 0 Å². The maximum Gasteiger partial charge on any atom is 0.407 e. The highest BCUT2D eigenvalue weighted by molar-refractivity contribution is 5.67. The monoisotopic (exact) mass is 322 g/mol. The van der Waals surface area contributed by atoms with Crippen LogP contribution in [0.15, 0.2) is 6.20 Å². The van der Waals surface area contributed by atoms with Crippen molar-refractivity contribution in [1.82, 2.24) is 20.8 Å². The fraction of sp³-hybridized carbons (Fsp3) is 0.765. The highest BCUT2D eigenvalue weighted by Crippen LogP contribution is 2.24. The second kappa shape index (κ2) is 7.81. The molecule has 0 bridgehead atoms. The second-order valence-corrected chi connectivity index (χ2v) is 7.43. The van der Waals surface area contributed by atoms with Crippen LogP contribution >= 0.6 is 0 Å². The van der Waals surface area contributed by atoms with Crippen molar-refractivity contribution in [3.63, 3.8) is 0 Å². The quantitative estimate of drug-likeness (QED) is 0.779. The van der Waals surface area contributed by atoms with E-state index < -0.39 is 5.60 Å². The number of aromatic amines is 1. The molecule has 1 aliphatic rings. The zero-order chi connectivity index (χ0) is 16.9. The van der Waals surface area contributed by atoms with Gasteiger partial charge in [-0.15, -0.1) is 0 Å². The van der Waals surface area contributed by atoms with Gasteiger partial charge >= 0.3 is 6.09 Å². The summed E-state index contributed by atoms with van der Waals surface area (Å²) < 4.78 is 5.32. The van der Waals surface area contributed by atoms with Crippen LogP contribution in [-0.4, -0.2) is 34.5 Å². The third-order valence-corrected chi connectivity index (χ3v) is 4.31. The predicted molar refractivity (Wildman–Crippen MR) is 90.1 cm³/mol. The lowest BCUT2D eigenvalue weighted by Gasteiger charge is -2.32. The van der Waals surface area contributed by atoms with Gasteiger partial charge in [-0.3, -0.25) is 5.10 Å². The van der Waals surface area contributed by atoms with Crippen LogP contribution in [0, 0.1) is 12.8 Å². The first-order valence-electron chi connectivity index (χ1n) is 8.54. The van der Waals surface area contributed by atoms with E-state index in [1.165, 1.54) is 18.4 Å². The van der Waals surface area contributed by atoms with Crippen LogP contribution in [0.3, 0.4) is 0 Å². The van der Waals surface area contributed by atoms with Crippen molar-refractivity contribution < 1.29 is 9.53 Å². The van der Waals surface area contributed by atoms with Crippen LogP contribution in [0.5, 0.6) is 0 Å². The fourth-order valence-electron chi connectivity index (χ4n) is 3.04. The smallest absolute Gasteiger partial charge is 0.407 e. The van der Waals surface area contributed by atoms with Crippen LogP contribution in [0.1, 0.15) is 57.7 Å². The maximum atomic E-state index is 11.8. The van der Waals surface area contributed by atoms with Gasteiger partial charge < -0.3 is 15.4 Å². The van der Waals surface area contributed by atoms with Crippen LogP contribution in [-0.2, 0) is 11.3 Å². The Morgan fingerprint density at radius 2 is 2.13 bits per heavy atom. The molecule has 23 heavy (non-hydrogen) atoms. The van der Waals surface area contributed by atoms with Crippen LogP contribution in [0.25, 0.3) is 0 Å². The van der Waals surface area contributed by atoms with E-state index >= 15 is 0 Å². The second-order valence-electron chi connectivity index (χ2n) is 7.43. The van der Waals surface area contributed by atoms with Crippen molar-refractivity contribution in [3.05, 3.63) is 17.5 Å². The van der Waals surface area contributed by atoms with Crippen molar-refractivity contribution in [2.24, 2.45) is 5.92 Å². The molecule has 0 aromatic carbocycles. The molecule has 1 aromatic rings. The average molecular weight is 322 g/mol. The lowest BCUT2D eigenvalue weighted by molar-refractivity contribution is 0.0510. The van der Waals surface area contributed by atoms with E-state index in [4.69, 9.17) is 4.74 Å². The third kappa shape index (κ3) is 5.86. The minimum absolute atomic E-state index is 0.326. The molecule has 1 fully saturated rings. The highest BCUT2D eigenvalue weighted by atomic mass is 16.6. The van der Waals surface area contributed by atoms with Crippen molar-refractivity contribution in [1.29, 1.82) is 0 Å². The van der Waals surface area contributed by atoms with Gasteiger partial charge in [0.2, 0.25) is 0 Å². The summed E-state index contributed by atoms with van der Waals surface area (Å²) in [6.45, 7) is 9.15. The van der Waals surface area contributed by atoms with E-state index in [-0.39, 0.29) is 6.09 Å². The minimum Gasteiger partial charge on any atom is -0.444 e. The molecule has 2 unspecified atom stereocenters. The molecule has 6 nitrogen and oxygen atoms in total. The zero-order valence-corrected chi connectivity index (χ0v) is 14.7. The molecule has 3 N–H and O–H groups in total. The number of H-pyrrole nitrogens is 1. The summed E-state index contributed by atoms with van der Waals surface area (Å²) in [6.07, 6.45) is 6.30. The number of nitrogens with zero attached hydrogens (tertiary/aromatic N) is 1. The molecule has 130 valence electrons. The summed E-state index contributed by atoms with van der Waals surface area (Å²) >= 11 is 0. The summed E-state index contributed by atoms with van der Waals surface area (Å²) in [5.41, 5.74) is 1.86. The van der Waals surface area contributed by atoms with E-state index in [9.17, 15) is 4.79 Å². The summed E-state index contributed by atoms with van der Waals surface area (Å²) in [7, 11) is 0. The Balaban J connectivity index is 1.81. The molecule has 1 aliphatic carbocycles. The largest absolute Gasteiger partial charge is 0.444 e. The van der Waals surface area contributed by atoms with Gasteiger partial charge in [-0.25, -0.2) is 4.79 Å². The molecule has 2 rings (SSSR count). The van der Waals surface area contributed by atoms with Gasteiger partial charge in [0.05, 0.1) is 6.20 Å². The number of carbonyl (C=O) groups excluding carboxylic acids is 1. The first-order valence-corrected chi connectivity index (χ1v) is 8.54. The van der Waals surface area contributed by atoms with Crippen molar-refractivity contribution in [2.45, 2.75) is 71.6 Å². The summed E-state index contributed by atoms with van der Waals surface area (Å²) in [5, 5.41) is 13.6. The Kier molecular flexibility index (Phi) is 6.04. The number of amides is 1. The van der Waals surface area contributed by atoms with Crippen LogP contribution < -0.4 is 10.6 Å². The van der Waals surface area contributed by atoms with Gasteiger partial charge in [-0.1, -0.05) is 12.8 Å². The van der Waals surface area contributed by atoms with Crippen molar-refractivity contribution in [3.8, 4) is 0 Å². The number of aryl methyl sites for hydroxylation is 1. The maximum absolute atomic E-state index is 11.8. The van der Waals surface area contributed by atoms with Gasteiger partial charge in [0, 0.05) is 30.4 Å². The topological polar surface area (TPSA) is 79.0 Å². The molecular formula is C17H30N4O2. The normalized spacial score (nSPS) is 21.9. The van der Waals surface area contributed by atoms with E-state index in [1.54, 1.807) is 0 Å². The Bertz CT molecular complexity index is 507. The molecule has 0 spiro atoms. The van der Waals surface area contributed by atoms with E-state index in [0.717, 1.165) is 25.1 Å². The lowest BCUT2D eigenvalue weighted by atomic mass is 9.84. The molecule has 1 aromatic heterocycles. The number of hydrogen-bond acceptors (Lipinski definition) is 4. The Hall–Kier alpha value is -1.56. The van der Waals surface area contributed by atoms with Gasteiger partial charge in [0.1, 0.15) is 5.60 Å². The number of ether oxygens (including phenoxy) is 1. The SMILES string of the molecule is Cc1[nH]ncc1CNC1CCCCC1CNC(=O)OC(C)(C)C. The molecule has 2 atom stereocenters. The van der Waals surface area contributed by atoms with E-state index in [1.807, 2.05) is 33.9 Å². The van der Waals surface area contributed by atoms with Gasteiger partial charge in [0.25, 0.3) is 0 Å². The number of hydrogen-bond donors (Lipinski definition) is 3. The van der Waals surface area contributed by atoms with Gasteiger partial charge in [0.15, 0.2) is 0 Å². The third-order valence-electron chi connectivity index (χ3n) is 4.31. The highest BCUT2D eigenvalue weighted by Gasteiger charge is 2.26. The van der Waals surface area contributed by atoms with Crippen LogP contribution in [0.4, 0.5) is 4.79 Å². The van der Waals surface area contributed by atoms with Crippen molar-refractivity contribution in [2.75, 3.05) is 6.54 Å². The fourth-order valence-corrected chi connectivity index (χ4v) is 3.04. The number of aromatic nitrogens is 2. The molecule has 1 amide bonds. The number of nitrogens with one attached hydrogen (secondary N) is 3. The summed E-state index contributed by atoms with van der Waals surface area (Å²) in [6, 6.07) is 0.424. The Morgan fingerprint density at radius 3 is 2.78 bits per heavy atom. The first kappa shape index (κ1) is 17.8. The summed E-state index contributed by atoms with van der Waals surface area (Å²) in [5.74, 6) is 0.448. The number of rotatable bonds is 5. The van der Waals surface area contributed by atoms with Crippen molar-refractivity contribution >= 4 is 6.09 Å². The minimum atomic E-state index is -0.451.